The fourth-order valence-corrected chi connectivity index (χ4v) is 4.76. The lowest BCUT2D eigenvalue weighted by atomic mass is 10.0. The number of nitrogens with one attached hydrogen (secondary N) is 2. The minimum Gasteiger partial charge on any atom is -0.396 e. The van der Waals surface area contributed by atoms with Gasteiger partial charge in [-0.15, -0.1) is 0 Å². The summed E-state index contributed by atoms with van der Waals surface area (Å²) in [6, 6.07) is 18.4. The Balaban J connectivity index is 1.39. The van der Waals surface area contributed by atoms with Crippen molar-refractivity contribution in [3.63, 3.8) is 0 Å². The zero-order chi connectivity index (χ0) is 25.0. The van der Waals surface area contributed by atoms with Crippen molar-refractivity contribution in [2.24, 2.45) is 0 Å². The molecule has 3 aromatic heterocycles. The van der Waals surface area contributed by atoms with Crippen LogP contribution in [0.3, 0.4) is 0 Å². The van der Waals surface area contributed by atoms with E-state index in [0.717, 1.165) is 53.6 Å². The van der Waals surface area contributed by atoms with Crippen LogP contribution in [0.25, 0.3) is 33.2 Å². The highest BCUT2D eigenvalue weighted by molar-refractivity contribution is 5.96. The first-order valence-electron chi connectivity index (χ1n) is 12.7. The Bertz CT molecular complexity index is 1510. The number of hydrogen-bond acceptors (Lipinski definition) is 8. The number of aliphatic hydroxyl groups excluding tert-OH is 1. The van der Waals surface area contributed by atoms with Crippen molar-refractivity contribution >= 4 is 39.5 Å². The minimum atomic E-state index is -0.0908. The Hall–Kier alpha value is -4.08. The molecule has 188 valence electrons. The molecular formula is C28H29N7O2. The number of aromatic nitrogens is 5. The first-order valence-corrected chi connectivity index (χ1v) is 12.7. The van der Waals surface area contributed by atoms with Crippen LogP contribution in [0.4, 0.5) is 17.5 Å². The molecule has 0 radical (unpaired) electrons. The Kier molecular flexibility index (Phi) is 6.62. The number of ether oxygens (including phenoxy) is 1. The lowest BCUT2D eigenvalue weighted by Gasteiger charge is -2.24. The number of hydrogen-bond donors (Lipinski definition) is 3. The van der Waals surface area contributed by atoms with E-state index in [1.165, 1.54) is 0 Å². The van der Waals surface area contributed by atoms with Crippen molar-refractivity contribution in [1.29, 1.82) is 0 Å². The number of fused-ring (bicyclic) bond motifs is 2. The average molecular weight is 496 g/mol. The summed E-state index contributed by atoms with van der Waals surface area (Å²) in [6.07, 6.45) is 7.24. The third-order valence-electron chi connectivity index (χ3n) is 6.60. The van der Waals surface area contributed by atoms with Crippen LogP contribution in [0, 0.1) is 0 Å². The molecule has 9 heteroatoms. The molecule has 1 atom stereocenters. The molecule has 1 aliphatic heterocycles. The van der Waals surface area contributed by atoms with Crippen molar-refractivity contribution in [2.75, 3.05) is 30.4 Å². The van der Waals surface area contributed by atoms with Gasteiger partial charge in [-0.1, -0.05) is 30.3 Å². The highest BCUT2D eigenvalue weighted by Gasteiger charge is 2.21. The van der Waals surface area contributed by atoms with Gasteiger partial charge in [0.05, 0.1) is 11.8 Å². The van der Waals surface area contributed by atoms with E-state index in [1.807, 2.05) is 47.2 Å². The highest BCUT2D eigenvalue weighted by atomic mass is 16.5. The summed E-state index contributed by atoms with van der Waals surface area (Å²) in [5.41, 5.74) is 5.43. The fourth-order valence-electron chi connectivity index (χ4n) is 4.76. The number of pyridine rings is 1. The Morgan fingerprint density at radius 1 is 1.03 bits per heavy atom. The zero-order valence-corrected chi connectivity index (χ0v) is 20.5. The smallest absolute Gasteiger partial charge is 0.231 e. The largest absolute Gasteiger partial charge is 0.396 e. The maximum atomic E-state index is 9.25. The average Bonchev–Trinajstić information content (AvgIpc) is 3.38. The van der Waals surface area contributed by atoms with Crippen molar-refractivity contribution in [3.05, 3.63) is 67.1 Å². The van der Waals surface area contributed by atoms with Crippen molar-refractivity contribution < 1.29 is 9.84 Å². The molecular weight excluding hydrogens is 466 g/mol. The lowest BCUT2D eigenvalue weighted by molar-refractivity contribution is -0.0298. The van der Waals surface area contributed by atoms with Crippen molar-refractivity contribution in [3.8, 4) is 11.1 Å². The van der Waals surface area contributed by atoms with Crippen LogP contribution in [-0.2, 0) is 4.74 Å². The molecule has 0 amide bonds. The van der Waals surface area contributed by atoms with Gasteiger partial charge in [0.25, 0.3) is 0 Å². The molecule has 5 aromatic rings. The Labute approximate surface area is 214 Å². The number of nitrogens with zero attached hydrogens (tertiary/aromatic N) is 5. The van der Waals surface area contributed by atoms with E-state index in [1.54, 1.807) is 6.33 Å². The number of imidazole rings is 1. The number of aliphatic hydroxyl groups is 1. The van der Waals surface area contributed by atoms with E-state index in [9.17, 15) is 5.11 Å². The number of benzene rings is 2. The molecule has 1 saturated heterocycles. The summed E-state index contributed by atoms with van der Waals surface area (Å²) in [7, 11) is 0. The first-order chi connectivity index (χ1) is 18.3. The summed E-state index contributed by atoms with van der Waals surface area (Å²) in [6.45, 7) is 1.42. The molecule has 1 unspecified atom stereocenters. The van der Waals surface area contributed by atoms with E-state index in [0.29, 0.717) is 35.9 Å². The molecule has 3 N–H and O–H groups in total. The van der Waals surface area contributed by atoms with Crippen LogP contribution in [0.15, 0.2) is 67.1 Å². The van der Waals surface area contributed by atoms with E-state index >= 15 is 0 Å². The van der Waals surface area contributed by atoms with E-state index in [-0.39, 0.29) is 12.8 Å². The molecule has 0 bridgehead atoms. The summed E-state index contributed by atoms with van der Waals surface area (Å²) in [5.74, 6) is 1.09. The van der Waals surface area contributed by atoms with Crippen LogP contribution in [0.5, 0.6) is 0 Å². The number of anilines is 3. The molecule has 0 aliphatic carbocycles. The normalized spacial score (nSPS) is 15.8. The molecule has 1 fully saturated rings. The van der Waals surface area contributed by atoms with Gasteiger partial charge in [0.2, 0.25) is 5.95 Å². The minimum absolute atomic E-state index is 0.0908. The maximum Gasteiger partial charge on any atom is 0.231 e. The van der Waals surface area contributed by atoms with Gasteiger partial charge in [-0.25, -0.2) is 4.98 Å². The van der Waals surface area contributed by atoms with Crippen LogP contribution >= 0.6 is 0 Å². The topological polar surface area (TPSA) is 110 Å². The molecule has 1 aliphatic rings. The molecule has 37 heavy (non-hydrogen) atoms. The van der Waals surface area contributed by atoms with Gasteiger partial charge < -0.3 is 20.5 Å². The molecule has 0 spiro atoms. The monoisotopic (exact) mass is 495 g/mol. The van der Waals surface area contributed by atoms with Gasteiger partial charge in [0, 0.05) is 37.0 Å². The van der Waals surface area contributed by atoms with Crippen LogP contribution < -0.4 is 10.6 Å². The summed E-state index contributed by atoms with van der Waals surface area (Å²) >= 11 is 0. The van der Waals surface area contributed by atoms with E-state index < -0.39 is 0 Å². The first kappa shape index (κ1) is 23.3. The Morgan fingerprint density at radius 2 is 1.95 bits per heavy atom. The van der Waals surface area contributed by atoms with Gasteiger partial charge in [-0.05, 0) is 61.1 Å². The summed E-state index contributed by atoms with van der Waals surface area (Å²) in [5, 5.41) is 17.0. The van der Waals surface area contributed by atoms with Gasteiger partial charge >= 0.3 is 0 Å². The zero-order valence-electron chi connectivity index (χ0n) is 20.5. The predicted octanol–water partition coefficient (Wildman–Crippen LogP) is 5.28. The summed E-state index contributed by atoms with van der Waals surface area (Å²) < 4.78 is 8.01. The maximum absolute atomic E-state index is 9.25. The standard InChI is InChI=1S/C28H29N7O2/c36-15-6-13-30-26-25-27(35(18-31-25)24-9-4-5-16-37-24)34-28(33-26)32-20-10-11-23-22(17-20)21(12-14-29-23)19-7-2-1-3-8-19/h1-3,7-8,10-12,14,17-18,24,36H,4-6,9,13,15-16H2,(H2,30,32,33,34). The quantitative estimate of drug-likeness (QED) is 0.250. The second-order valence-electron chi connectivity index (χ2n) is 9.13. The third kappa shape index (κ3) is 4.83. The lowest BCUT2D eigenvalue weighted by Crippen LogP contribution is -2.18. The van der Waals surface area contributed by atoms with E-state index in [4.69, 9.17) is 14.7 Å². The third-order valence-corrected chi connectivity index (χ3v) is 6.60. The van der Waals surface area contributed by atoms with Crippen molar-refractivity contribution in [2.45, 2.75) is 31.9 Å². The molecule has 6 rings (SSSR count). The van der Waals surface area contributed by atoms with E-state index in [2.05, 4.69) is 38.8 Å². The predicted molar refractivity (Wildman–Crippen MR) is 145 cm³/mol. The highest BCUT2D eigenvalue weighted by Crippen LogP contribution is 2.32. The second kappa shape index (κ2) is 10.5. The van der Waals surface area contributed by atoms with Crippen molar-refractivity contribution in [1.82, 2.24) is 24.5 Å². The van der Waals surface area contributed by atoms with Gasteiger partial charge in [0.15, 0.2) is 17.0 Å². The molecule has 4 heterocycles. The van der Waals surface area contributed by atoms with Gasteiger partial charge in [-0.2, -0.15) is 9.97 Å². The fraction of sp³-hybridized carbons (Fsp3) is 0.286. The SMILES string of the molecule is OCCCNc1nc(Nc2ccc3nccc(-c4ccccc4)c3c2)nc2c1ncn2C1CCCCO1. The second-order valence-corrected chi connectivity index (χ2v) is 9.13. The van der Waals surface area contributed by atoms with Crippen LogP contribution in [0.2, 0.25) is 0 Å². The molecule has 0 saturated carbocycles. The van der Waals surface area contributed by atoms with Gasteiger partial charge in [-0.3, -0.25) is 9.55 Å². The van der Waals surface area contributed by atoms with Crippen LogP contribution in [0.1, 0.15) is 31.9 Å². The summed E-state index contributed by atoms with van der Waals surface area (Å²) in [4.78, 5) is 18.7. The molecule has 2 aromatic carbocycles. The Morgan fingerprint density at radius 3 is 2.78 bits per heavy atom. The van der Waals surface area contributed by atoms with Crippen LogP contribution in [-0.4, -0.2) is 49.4 Å². The van der Waals surface area contributed by atoms with Gasteiger partial charge in [0.1, 0.15) is 6.23 Å². The molecule has 9 nitrogen and oxygen atoms in total. The number of rotatable bonds is 8.